The minimum absolute atomic E-state index is 0.339. The average molecular weight is 367 g/mol. The molecule has 0 spiro atoms. The Kier molecular flexibility index (Phi) is 5.85. The van der Waals surface area contributed by atoms with Crippen molar-refractivity contribution in [3.63, 3.8) is 0 Å². The molecule has 0 unspecified atom stereocenters. The number of hydrogen-bond acceptors (Lipinski definition) is 3. The van der Waals surface area contributed by atoms with Gasteiger partial charge >= 0.3 is 0 Å². The second-order valence-electron chi connectivity index (χ2n) is 8.14. The summed E-state index contributed by atoms with van der Waals surface area (Å²) in [6.07, 6.45) is 16.9. The maximum atomic E-state index is 12.7. The first kappa shape index (κ1) is 18.2. The number of nitrogens with zero attached hydrogens (tertiary/aromatic N) is 4. The van der Waals surface area contributed by atoms with Crippen LogP contribution in [0.2, 0.25) is 0 Å². The van der Waals surface area contributed by atoms with Gasteiger partial charge in [0.05, 0.1) is 0 Å². The molecule has 1 saturated heterocycles. The molecule has 2 aromatic rings. The number of hydrogen-bond donors (Lipinski definition) is 0. The van der Waals surface area contributed by atoms with E-state index in [0.717, 1.165) is 57.1 Å². The van der Waals surface area contributed by atoms with Gasteiger partial charge in [-0.05, 0) is 42.9 Å². The van der Waals surface area contributed by atoms with Gasteiger partial charge in [-0.25, -0.2) is 4.98 Å². The highest BCUT2D eigenvalue weighted by molar-refractivity contribution is 5.76. The van der Waals surface area contributed by atoms with Crippen molar-refractivity contribution in [3.05, 3.63) is 48.3 Å². The lowest BCUT2D eigenvalue weighted by molar-refractivity contribution is -0.132. The highest BCUT2D eigenvalue weighted by Gasteiger charge is 2.28. The van der Waals surface area contributed by atoms with Crippen LogP contribution in [-0.4, -0.2) is 38.4 Å². The standard InChI is InChI=1S/C22H30N4O/c27-21(8-7-18-4-1-2-5-18)25-14-3-6-20(17-25)22-24-13-15-26(22)16-19-9-11-23-12-10-19/h9-13,15,18,20H,1-8,14,16-17H2/t20-/m0/s1. The minimum Gasteiger partial charge on any atom is -0.342 e. The summed E-state index contributed by atoms with van der Waals surface area (Å²) in [5.41, 5.74) is 1.23. The van der Waals surface area contributed by atoms with E-state index in [1.165, 1.54) is 31.2 Å². The fourth-order valence-electron chi connectivity index (χ4n) is 4.70. The molecule has 5 nitrogen and oxygen atoms in total. The summed E-state index contributed by atoms with van der Waals surface area (Å²) in [4.78, 5) is 23.6. The highest BCUT2D eigenvalue weighted by atomic mass is 16.2. The number of rotatable bonds is 6. The Bertz CT molecular complexity index is 736. The molecule has 2 fully saturated rings. The van der Waals surface area contributed by atoms with Crippen LogP contribution in [0.4, 0.5) is 0 Å². The average Bonchev–Trinajstić information content (AvgIpc) is 3.39. The maximum absolute atomic E-state index is 12.7. The zero-order valence-electron chi connectivity index (χ0n) is 16.1. The Morgan fingerprint density at radius 1 is 1.07 bits per heavy atom. The predicted octanol–water partition coefficient (Wildman–Crippen LogP) is 4.00. The summed E-state index contributed by atoms with van der Waals surface area (Å²) < 4.78 is 2.23. The molecular weight excluding hydrogens is 336 g/mol. The van der Waals surface area contributed by atoms with Gasteiger partial charge in [0, 0.05) is 56.8 Å². The smallest absolute Gasteiger partial charge is 0.222 e. The highest BCUT2D eigenvalue weighted by Crippen LogP contribution is 2.30. The van der Waals surface area contributed by atoms with Crippen LogP contribution < -0.4 is 0 Å². The zero-order chi connectivity index (χ0) is 18.5. The molecule has 1 saturated carbocycles. The fraction of sp³-hybridized carbons (Fsp3) is 0.591. The quantitative estimate of drug-likeness (QED) is 0.776. The molecule has 5 heteroatoms. The number of pyridine rings is 1. The van der Waals surface area contributed by atoms with Gasteiger partial charge in [0.15, 0.2) is 0 Å². The van der Waals surface area contributed by atoms with Gasteiger partial charge in [-0.1, -0.05) is 25.7 Å². The van der Waals surface area contributed by atoms with Gasteiger partial charge in [0.25, 0.3) is 0 Å². The SMILES string of the molecule is O=C(CCC1CCCC1)N1CCC[C@H](c2nccn2Cc2ccncc2)C1. The summed E-state index contributed by atoms with van der Waals surface area (Å²) in [5, 5.41) is 0. The summed E-state index contributed by atoms with van der Waals surface area (Å²) >= 11 is 0. The first-order valence-electron chi connectivity index (χ1n) is 10.5. The minimum atomic E-state index is 0.339. The van der Waals surface area contributed by atoms with Crippen molar-refractivity contribution in [1.29, 1.82) is 0 Å². The van der Waals surface area contributed by atoms with Crippen molar-refractivity contribution < 1.29 is 4.79 Å². The van der Waals surface area contributed by atoms with Crippen molar-refractivity contribution >= 4 is 5.91 Å². The Labute approximate surface area is 161 Å². The van der Waals surface area contributed by atoms with E-state index in [0.29, 0.717) is 11.8 Å². The van der Waals surface area contributed by atoms with E-state index in [4.69, 9.17) is 0 Å². The maximum Gasteiger partial charge on any atom is 0.222 e. The molecule has 4 rings (SSSR count). The molecule has 1 aliphatic carbocycles. The van der Waals surface area contributed by atoms with Gasteiger partial charge in [-0.15, -0.1) is 0 Å². The summed E-state index contributed by atoms with van der Waals surface area (Å²) in [7, 11) is 0. The predicted molar refractivity (Wildman–Crippen MR) is 105 cm³/mol. The van der Waals surface area contributed by atoms with E-state index < -0.39 is 0 Å². The molecular formula is C22H30N4O. The van der Waals surface area contributed by atoms with Gasteiger partial charge < -0.3 is 9.47 Å². The van der Waals surface area contributed by atoms with Gasteiger partial charge in [0.2, 0.25) is 5.91 Å². The Morgan fingerprint density at radius 2 is 1.89 bits per heavy atom. The van der Waals surface area contributed by atoms with E-state index in [1.54, 1.807) is 0 Å². The topological polar surface area (TPSA) is 51.0 Å². The third-order valence-electron chi connectivity index (χ3n) is 6.23. The van der Waals surface area contributed by atoms with Crippen molar-refractivity contribution in [1.82, 2.24) is 19.4 Å². The first-order chi connectivity index (χ1) is 13.3. The second kappa shape index (κ2) is 8.68. The number of aromatic nitrogens is 3. The fourth-order valence-corrected chi connectivity index (χ4v) is 4.70. The Morgan fingerprint density at radius 3 is 2.70 bits per heavy atom. The molecule has 0 bridgehead atoms. The number of piperidine rings is 1. The van der Waals surface area contributed by atoms with Crippen LogP contribution >= 0.6 is 0 Å². The zero-order valence-corrected chi connectivity index (χ0v) is 16.1. The van der Waals surface area contributed by atoms with Crippen LogP contribution in [0.25, 0.3) is 0 Å². The molecule has 0 radical (unpaired) electrons. The van der Waals surface area contributed by atoms with Crippen molar-refractivity contribution in [2.45, 2.75) is 63.8 Å². The second-order valence-corrected chi connectivity index (χ2v) is 8.14. The van der Waals surface area contributed by atoms with E-state index >= 15 is 0 Å². The summed E-state index contributed by atoms with van der Waals surface area (Å²) in [6, 6.07) is 4.09. The molecule has 1 amide bonds. The van der Waals surface area contributed by atoms with Crippen LogP contribution in [0, 0.1) is 5.92 Å². The van der Waals surface area contributed by atoms with Gasteiger partial charge in [-0.3, -0.25) is 9.78 Å². The summed E-state index contributed by atoms with van der Waals surface area (Å²) in [5.74, 6) is 2.58. The molecule has 0 N–H and O–H groups in total. The number of likely N-dealkylation sites (tertiary alicyclic amines) is 1. The van der Waals surface area contributed by atoms with Crippen LogP contribution in [0.3, 0.4) is 0 Å². The third kappa shape index (κ3) is 4.57. The van der Waals surface area contributed by atoms with Crippen LogP contribution in [0.5, 0.6) is 0 Å². The largest absolute Gasteiger partial charge is 0.342 e. The van der Waals surface area contributed by atoms with Gasteiger partial charge in [0.1, 0.15) is 5.82 Å². The van der Waals surface area contributed by atoms with Crippen molar-refractivity contribution in [3.8, 4) is 0 Å². The molecule has 2 aliphatic rings. The third-order valence-corrected chi connectivity index (χ3v) is 6.23. The first-order valence-corrected chi connectivity index (χ1v) is 10.5. The summed E-state index contributed by atoms with van der Waals surface area (Å²) in [6.45, 7) is 2.53. The van der Waals surface area contributed by atoms with Gasteiger partial charge in [-0.2, -0.15) is 0 Å². The van der Waals surface area contributed by atoms with E-state index in [9.17, 15) is 4.79 Å². The Balaban J connectivity index is 1.37. The lowest BCUT2D eigenvalue weighted by Crippen LogP contribution is -2.39. The van der Waals surface area contributed by atoms with E-state index in [1.807, 2.05) is 30.7 Å². The van der Waals surface area contributed by atoms with E-state index in [2.05, 4.69) is 25.6 Å². The number of carbonyl (C=O) groups is 1. The van der Waals surface area contributed by atoms with E-state index in [-0.39, 0.29) is 0 Å². The van der Waals surface area contributed by atoms with Crippen LogP contribution in [-0.2, 0) is 11.3 Å². The molecule has 2 aromatic heterocycles. The Hall–Kier alpha value is -2.17. The number of imidazole rings is 1. The molecule has 3 heterocycles. The number of carbonyl (C=O) groups excluding carboxylic acids is 1. The molecule has 1 atom stereocenters. The molecule has 144 valence electrons. The van der Waals surface area contributed by atoms with Crippen molar-refractivity contribution in [2.75, 3.05) is 13.1 Å². The molecule has 0 aromatic carbocycles. The van der Waals surface area contributed by atoms with Crippen LogP contribution in [0.1, 0.15) is 68.7 Å². The number of amides is 1. The van der Waals surface area contributed by atoms with Crippen LogP contribution in [0.15, 0.2) is 36.9 Å². The normalized spacial score (nSPS) is 20.9. The van der Waals surface area contributed by atoms with Crippen molar-refractivity contribution in [2.24, 2.45) is 5.92 Å². The lowest BCUT2D eigenvalue weighted by Gasteiger charge is -2.33. The molecule has 1 aliphatic heterocycles. The lowest BCUT2D eigenvalue weighted by atomic mass is 9.95. The monoisotopic (exact) mass is 366 g/mol. The molecule has 27 heavy (non-hydrogen) atoms.